The van der Waals surface area contributed by atoms with Gasteiger partial charge in [-0.15, -0.1) is 0 Å². The van der Waals surface area contributed by atoms with Gasteiger partial charge in [0.15, 0.2) is 0 Å². The summed E-state index contributed by atoms with van der Waals surface area (Å²) >= 11 is 0. The summed E-state index contributed by atoms with van der Waals surface area (Å²) in [4.78, 5) is 21.7. The van der Waals surface area contributed by atoms with Crippen molar-refractivity contribution in [2.24, 2.45) is 0 Å². The molecule has 0 fully saturated rings. The third-order valence-electron chi connectivity index (χ3n) is 5.66. The number of anilines is 2. The highest BCUT2D eigenvalue weighted by Gasteiger charge is 2.21. The molecule has 1 aliphatic rings. The number of benzene rings is 3. The highest BCUT2D eigenvalue weighted by atomic mass is 16.5. The summed E-state index contributed by atoms with van der Waals surface area (Å²) in [7, 11) is 0. The summed E-state index contributed by atoms with van der Waals surface area (Å²) in [6.07, 6.45) is -0.296. The standard InChI is InChI=1S/C21H27N3O3.C7H6O2/c1-14-5-3-6-15(2)21(14)23-10-9-22-12-16(25)13-27-19-8-4-7-18-17(19)11-20(26)24-18;8-7(9)6-4-2-1-3-5-6/h3-8,16,22-23,25H,9-13H2,1-2H3,(H,24,26);1-5H,(H,8,9). The van der Waals surface area contributed by atoms with Gasteiger partial charge < -0.3 is 30.9 Å². The van der Waals surface area contributed by atoms with Gasteiger partial charge in [0.1, 0.15) is 18.5 Å². The number of hydrogen-bond donors (Lipinski definition) is 5. The molecule has 1 heterocycles. The average Bonchev–Trinajstić information content (AvgIpc) is 3.26. The van der Waals surface area contributed by atoms with E-state index in [2.05, 4.69) is 48.0 Å². The molecule has 8 heteroatoms. The van der Waals surface area contributed by atoms with E-state index in [1.54, 1.807) is 30.3 Å². The number of aryl methyl sites for hydroxylation is 2. The SMILES string of the molecule is Cc1cccc(C)c1NCCNCC(O)COc1cccc2c1CC(=O)N2.O=C(O)c1ccccc1. The molecule has 36 heavy (non-hydrogen) atoms. The number of aromatic carboxylic acids is 1. The van der Waals surface area contributed by atoms with Crippen LogP contribution in [0.5, 0.6) is 5.75 Å². The maximum atomic E-state index is 11.5. The first kappa shape index (κ1) is 26.7. The largest absolute Gasteiger partial charge is 0.490 e. The number of carbonyl (C=O) groups is 2. The molecule has 0 aliphatic carbocycles. The van der Waals surface area contributed by atoms with Crippen LogP contribution in [0.2, 0.25) is 0 Å². The lowest BCUT2D eigenvalue weighted by molar-refractivity contribution is -0.115. The van der Waals surface area contributed by atoms with E-state index in [1.807, 2.05) is 18.2 Å². The topological polar surface area (TPSA) is 120 Å². The van der Waals surface area contributed by atoms with Gasteiger partial charge in [0.2, 0.25) is 5.91 Å². The van der Waals surface area contributed by atoms with Crippen LogP contribution >= 0.6 is 0 Å². The molecule has 1 atom stereocenters. The van der Waals surface area contributed by atoms with Crippen molar-refractivity contribution >= 4 is 23.3 Å². The fourth-order valence-corrected chi connectivity index (χ4v) is 3.82. The lowest BCUT2D eigenvalue weighted by Gasteiger charge is -2.16. The van der Waals surface area contributed by atoms with E-state index in [-0.39, 0.29) is 12.5 Å². The summed E-state index contributed by atoms with van der Waals surface area (Å²) in [5.41, 5.74) is 5.61. The summed E-state index contributed by atoms with van der Waals surface area (Å²) in [5, 5.41) is 28.0. The van der Waals surface area contributed by atoms with Crippen LogP contribution in [0.4, 0.5) is 11.4 Å². The molecule has 0 aromatic heterocycles. The quantitative estimate of drug-likeness (QED) is 0.275. The number of aliphatic hydroxyl groups excluding tert-OH is 1. The summed E-state index contributed by atoms with van der Waals surface area (Å²) in [6.45, 7) is 6.33. The average molecular weight is 492 g/mol. The van der Waals surface area contributed by atoms with Crippen molar-refractivity contribution in [3.05, 3.63) is 89.0 Å². The Balaban J connectivity index is 0.000000338. The Morgan fingerprint density at radius 3 is 2.36 bits per heavy atom. The van der Waals surface area contributed by atoms with Gasteiger partial charge in [-0.1, -0.05) is 42.5 Å². The summed E-state index contributed by atoms with van der Waals surface area (Å²) in [6, 6.07) is 20.1. The minimum Gasteiger partial charge on any atom is -0.490 e. The Morgan fingerprint density at radius 2 is 1.69 bits per heavy atom. The van der Waals surface area contributed by atoms with E-state index in [1.165, 1.54) is 16.8 Å². The van der Waals surface area contributed by atoms with E-state index >= 15 is 0 Å². The molecule has 3 aromatic rings. The second-order valence-electron chi connectivity index (χ2n) is 8.54. The summed E-state index contributed by atoms with van der Waals surface area (Å²) < 4.78 is 5.72. The molecule has 0 saturated carbocycles. The van der Waals surface area contributed by atoms with Gasteiger partial charge in [-0.3, -0.25) is 4.79 Å². The number of rotatable bonds is 10. The van der Waals surface area contributed by atoms with E-state index in [0.29, 0.717) is 24.3 Å². The van der Waals surface area contributed by atoms with Crippen LogP contribution in [0, 0.1) is 13.8 Å². The van der Waals surface area contributed by atoms with Gasteiger partial charge in [0.25, 0.3) is 0 Å². The first-order valence-electron chi connectivity index (χ1n) is 11.9. The predicted octanol–water partition coefficient (Wildman–Crippen LogP) is 3.62. The second-order valence-corrected chi connectivity index (χ2v) is 8.54. The summed E-state index contributed by atoms with van der Waals surface area (Å²) in [5.74, 6) is -0.253. The van der Waals surface area contributed by atoms with Crippen molar-refractivity contribution < 1.29 is 24.5 Å². The highest BCUT2D eigenvalue weighted by molar-refractivity contribution is 6.00. The number of carbonyl (C=O) groups excluding carboxylic acids is 1. The van der Waals surface area contributed by atoms with Crippen molar-refractivity contribution in [1.29, 1.82) is 0 Å². The Kier molecular flexibility index (Phi) is 9.85. The van der Waals surface area contributed by atoms with Crippen molar-refractivity contribution in [1.82, 2.24) is 5.32 Å². The molecule has 4 rings (SSSR count). The molecule has 8 nitrogen and oxygen atoms in total. The third kappa shape index (κ3) is 7.83. The minimum atomic E-state index is -0.879. The number of hydrogen-bond acceptors (Lipinski definition) is 6. The molecular formula is C28H33N3O5. The highest BCUT2D eigenvalue weighted by Crippen LogP contribution is 2.31. The van der Waals surface area contributed by atoms with Gasteiger partial charge in [-0.25, -0.2) is 4.79 Å². The first-order valence-corrected chi connectivity index (χ1v) is 11.9. The molecule has 3 aromatic carbocycles. The number of ether oxygens (including phenoxy) is 1. The van der Waals surface area contributed by atoms with E-state index in [4.69, 9.17) is 9.84 Å². The second kappa shape index (κ2) is 13.3. The Bertz CT molecular complexity index is 1150. The molecule has 5 N–H and O–H groups in total. The Morgan fingerprint density at radius 1 is 1.00 bits per heavy atom. The fraction of sp³-hybridized carbons (Fsp3) is 0.286. The smallest absolute Gasteiger partial charge is 0.335 e. The van der Waals surface area contributed by atoms with Crippen LogP contribution < -0.4 is 20.7 Å². The fourth-order valence-electron chi connectivity index (χ4n) is 3.82. The maximum absolute atomic E-state index is 11.5. The van der Waals surface area contributed by atoms with E-state index < -0.39 is 12.1 Å². The zero-order valence-electron chi connectivity index (χ0n) is 20.6. The molecule has 0 radical (unpaired) electrons. The maximum Gasteiger partial charge on any atom is 0.335 e. The molecule has 0 saturated heterocycles. The van der Waals surface area contributed by atoms with E-state index in [0.717, 1.165) is 24.3 Å². The number of aliphatic hydroxyl groups is 1. The predicted molar refractivity (Wildman–Crippen MR) is 141 cm³/mol. The molecular weight excluding hydrogens is 458 g/mol. The molecule has 1 amide bonds. The number of fused-ring (bicyclic) bond motifs is 1. The van der Waals surface area contributed by atoms with Crippen LogP contribution in [0.15, 0.2) is 66.7 Å². The van der Waals surface area contributed by atoms with Gasteiger partial charge >= 0.3 is 5.97 Å². The lowest BCUT2D eigenvalue weighted by atomic mass is 10.1. The number of nitrogens with one attached hydrogen (secondary N) is 3. The number of carboxylic acid groups (broad SMARTS) is 1. The Hall–Kier alpha value is -3.88. The number of para-hydroxylation sites is 1. The van der Waals surface area contributed by atoms with Gasteiger partial charge in [0, 0.05) is 36.6 Å². The van der Waals surface area contributed by atoms with Crippen LogP contribution in [0.25, 0.3) is 0 Å². The van der Waals surface area contributed by atoms with Crippen molar-refractivity contribution in [3.63, 3.8) is 0 Å². The van der Waals surface area contributed by atoms with E-state index in [9.17, 15) is 14.7 Å². The normalized spacial score (nSPS) is 12.6. The van der Waals surface area contributed by atoms with Gasteiger partial charge in [-0.2, -0.15) is 0 Å². The van der Waals surface area contributed by atoms with Crippen LogP contribution in [-0.2, 0) is 11.2 Å². The van der Waals surface area contributed by atoms with Crippen LogP contribution in [0.3, 0.4) is 0 Å². The van der Waals surface area contributed by atoms with Crippen molar-refractivity contribution in [3.8, 4) is 5.75 Å². The lowest BCUT2D eigenvalue weighted by Crippen LogP contribution is -2.34. The third-order valence-corrected chi connectivity index (χ3v) is 5.66. The number of amides is 1. The number of carboxylic acids is 1. The molecule has 190 valence electrons. The zero-order valence-corrected chi connectivity index (χ0v) is 20.6. The van der Waals surface area contributed by atoms with Gasteiger partial charge in [0.05, 0.1) is 12.0 Å². The monoisotopic (exact) mass is 491 g/mol. The Labute approximate surface area is 211 Å². The van der Waals surface area contributed by atoms with Crippen LogP contribution in [-0.4, -0.2) is 54.4 Å². The van der Waals surface area contributed by atoms with Crippen LogP contribution in [0.1, 0.15) is 27.0 Å². The molecule has 0 spiro atoms. The molecule has 0 bridgehead atoms. The van der Waals surface area contributed by atoms with Crippen molar-refractivity contribution in [2.45, 2.75) is 26.4 Å². The first-order chi connectivity index (χ1) is 17.3. The van der Waals surface area contributed by atoms with Gasteiger partial charge in [-0.05, 0) is 49.2 Å². The molecule has 1 unspecified atom stereocenters. The zero-order chi connectivity index (χ0) is 25.9. The minimum absolute atomic E-state index is 0.0281. The molecule has 1 aliphatic heterocycles. The van der Waals surface area contributed by atoms with Crippen molar-refractivity contribution in [2.75, 3.05) is 36.9 Å².